The third kappa shape index (κ3) is 7.21. The number of benzene rings is 10. The Kier molecular flexibility index (Phi) is 10.7. The minimum atomic E-state index is -0.262. The summed E-state index contributed by atoms with van der Waals surface area (Å²) in [6.45, 7) is 9.68. The second kappa shape index (κ2) is 17.5. The summed E-state index contributed by atoms with van der Waals surface area (Å²) in [6, 6.07) is 90.5. The highest BCUT2D eigenvalue weighted by Crippen LogP contribution is 2.64. The van der Waals surface area contributed by atoms with Gasteiger partial charge in [-0.3, -0.25) is 0 Å². The number of fused-ring (bicyclic) bond motifs is 5. The van der Waals surface area contributed by atoms with Gasteiger partial charge in [0.2, 0.25) is 0 Å². The van der Waals surface area contributed by atoms with Gasteiger partial charge in [-0.1, -0.05) is 222 Å². The average Bonchev–Trinajstić information content (AvgIpc) is 4.01. The van der Waals surface area contributed by atoms with E-state index >= 15 is 0 Å². The molecule has 10 aromatic carbocycles. The monoisotopic (exact) mass is 940 g/mol. The Labute approximate surface area is 431 Å². The predicted octanol–water partition coefficient (Wildman–Crippen LogP) is 18.9. The van der Waals surface area contributed by atoms with Gasteiger partial charge in [-0.2, -0.15) is 0 Å². The van der Waals surface area contributed by atoms with Crippen LogP contribution in [0.5, 0.6) is 0 Å². The Morgan fingerprint density at radius 2 is 0.671 bits per heavy atom. The molecule has 0 saturated carbocycles. The maximum Gasteiger partial charge on any atom is 0.0962 e. The highest BCUT2D eigenvalue weighted by molar-refractivity contribution is 5.89. The quantitative estimate of drug-likeness (QED) is 0.114. The first kappa shape index (κ1) is 44.7. The van der Waals surface area contributed by atoms with Gasteiger partial charge in [-0.15, -0.1) is 0 Å². The van der Waals surface area contributed by atoms with Crippen LogP contribution in [0.3, 0.4) is 0 Å². The molecule has 0 fully saturated rings. The highest BCUT2D eigenvalue weighted by Gasteiger charge is 2.57. The molecule has 2 unspecified atom stereocenters. The fourth-order valence-electron chi connectivity index (χ4n) is 13.0. The number of hydrogen-bond donors (Lipinski definition) is 0. The van der Waals surface area contributed by atoms with E-state index < -0.39 is 0 Å². The Hall–Kier alpha value is -8.20. The SMILES string of the molecule is CCCC1(N(c2ccc(-c3ccccc3)cc2)c2ccc(-c3ccccc3)cc2)c2cc3c(cc21)C(C)(C)c1cc2c(cc1-3)CC2(CC)N(c1ccc(-c2ccccc2)cc1)c1ccc(-c2ccccc2)cc1. The van der Waals surface area contributed by atoms with Crippen molar-refractivity contribution < 1.29 is 0 Å². The molecule has 0 saturated heterocycles. The predicted molar refractivity (Wildman–Crippen MR) is 307 cm³/mol. The zero-order valence-corrected chi connectivity index (χ0v) is 42.3. The number of rotatable bonds is 13. The van der Waals surface area contributed by atoms with Crippen molar-refractivity contribution in [2.24, 2.45) is 0 Å². The molecule has 10 aromatic rings. The van der Waals surface area contributed by atoms with E-state index in [9.17, 15) is 0 Å². The van der Waals surface area contributed by atoms with Crippen molar-refractivity contribution in [2.75, 3.05) is 9.80 Å². The van der Waals surface area contributed by atoms with Crippen molar-refractivity contribution in [1.29, 1.82) is 0 Å². The van der Waals surface area contributed by atoms with E-state index in [4.69, 9.17) is 0 Å². The van der Waals surface area contributed by atoms with E-state index in [1.807, 2.05) is 0 Å². The molecule has 73 heavy (non-hydrogen) atoms. The van der Waals surface area contributed by atoms with Crippen molar-refractivity contribution in [3.05, 3.63) is 276 Å². The molecule has 3 aliphatic carbocycles. The van der Waals surface area contributed by atoms with Crippen molar-refractivity contribution in [2.45, 2.75) is 69.9 Å². The zero-order chi connectivity index (χ0) is 49.3. The van der Waals surface area contributed by atoms with Gasteiger partial charge in [0.15, 0.2) is 0 Å². The molecule has 13 rings (SSSR count). The van der Waals surface area contributed by atoms with Gasteiger partial charge in [-0.25, -0.2) is 0 Å². The van der Waals surface area contributed by atoms with Crippen LogP contribution in [0.4, 0.5) is 22.7 Å². The van der Waals surface area contributed by atoms with Crippen LogP contribution < -0.4 is 9.80 Å². The summed E-state index contributed by atoms with van der Waals surface area (Å²) >= 11 is 0. The van der Waals surface area contributed by atoms with E-state index in [0.29, 0.717) is 0 Å². The molecular formula is C71H60N2. The number of anilines is 4. The third-order valence-electron chi connectivity index (χ3n) is 16.8. The number of hydrogen-bond acceptors (Lipinski definition) is 2. The van der Waals surface area contributed by atoms with E-state index in [0.717, 1.165) is 25.7 Å². The van der Waals surface area contributed by atoms with Crippen LogP contribution in [0.25, 0.3) is 55.6 Å². The smallest absolute Gasteiger partial charge is 0.0962 e. The van der Waals surface area contributed by atoms with Crippen molar-refractivity contribution in [3.63, 3.8) is 0 Å². The fourth-order valence-corrected chi connectivity index (χ4v) is 13.0. The lowest BCUT2D eigenvalue weighted by Gasteiger charge is -2.53. The molecule has 2 heteroatoms. The Morgan fingerprint density at radius 1 is 0.342 bits per heavy atom. The van der Waals surface area contributed by atoms with Crippen LogP contribution in [0.2, 0.25) is 0 Å². The van der Waals surface area contributed by atoms with Gasteiger partial charge >= 0.3 is 0 Å². The maximum atomic E-state index is 2.66. The van der Waals surface area contributed by atoms with E-state index in [2.05, 4.69) is 280 Å². The molecule has 2 atom stereocenters. The van der Waals surface area contributed by atoms with Gasteiger partial charge in [0, 0.05) is 34.6 Å². The van der Waals surface area contributed by atoms with Crippen LogP contribution >= 0.6 is 0 Å². The van der Waals surface area contributed by atoms with Gasteiger partial charge < -0.3 is 9.80 Å². The van der Waals surface area contributed by atoms with Crippen LogP contribution in [0.1, 0.15) is 80.3 Å². The van der Waals surface area contributed by atoms with Gasteiger partial charge in [-0.05, 0) is 156 Å². The molecule has 0 spiro atoms. The molecule has 0 N–H and O–H groups in total. The summed E-state index contributed by atoms with van der Waals surface area (Å²) in [5.74, 6) is 0. The Balaban J connectivity index is 0.900. The van der Waals surface area contributed by atoms with Crippen LogP contribution in [-0.4, -0.2) is 0 Å². The van der Waals surface area contributed by atoms with Gasteiger partial charge in [0.05, 0.1) is 11.1 Å². The lowest BCUT2D eigenvalue weighted by atomic mass is 9.65. The molecule has 3 aliphatic rings. The van der Waals surface area contributed by atoms with E-state index in [1.54, 1.807) is 0 Å². The molecule has 0 heterocycles. The maximum absolute atomic E-state index is 2.66. The van der Waals surface area contributed by atoms with Crippen molar-refractivity contribution in [3.8, 4) is 55.6 Å². The van der Waals surface area contributed by atoms with Gasteiger partial charge in [0.25, 0.3) is 0 Å². The summed E-state index contributed by atoms with van der Waals surface area (Å²) in [6.07, 6.45) is 4.04. The summed E-state index contributed by atoms with van der Waals surface area (Å²) in [4.78, 5) is 5.32. The van der Waals surface area contributed by atoms with Crippen LogP contribution in [-0.2, 0) is 22.9 Å². The van der Waals surface area contributed by atoms with Crippen LogP contribution in [0, 0.1) is 0 Å². The minimum Gasteiger partial charge on any atom is -0.331 e. The lowest BCUT2D eigenvalue weighted by molar-refractivity contribution is 0.362. The van der Waals surface area contributed by atoms with E-state index in [-0.39, 0.29) is 16.5 Å². The largest absolute Gasteiger partial charge is 0.331 e. The van der Waals surface area contributed by atoms with Crippen LogP contribution in [0.15, 0.2) is 243 Å². The van der Waals surface area contributed by atoms with Crippen molar-refractivity contribution in [1.82, 2.24) is 0 Å². The molecule has 0 bridgehead atoms. The van der Waals surface area contributed by atoms with E-state index in [1.165, 1.54) is 112 Å². The first-order valence-corrected chi connectivity index (χ1v) is 26.4. The summed E-state index contributed by atoms with van der Waals surface area (Å²) in [7, 11) is 0. The molecule has 0 amide bonds. The summed E-state index contributed by atoms with van der Waals surface area (Å²) < 4.78 is 0. The normalized spacial score (nSPS) is 17.4. The standard InChI is InChI=1S/C71H60N2/c1-5-43-71(73(60-39-31-55(32-40-60)51-23-15-9-16-24-51)61-41-33-56(34-42-61)52-25-17-10-18-26-52)67-45-63-62-44-57-48-70(6-2,64(57)46-65(62)69(3,4)66(63)47-68(67)71)72(58-35-27-53(28-36-58)49-19-11-7-12-20-49)59-37-29-54(30-38-59)50-21-13-8-14-22-50/h7-42,44-47H,5-6,43,48H2,1-4H3. The molecule has 0 aliphatic heterocycles. The Morgan fingerprint density at radius 3 is 1.04 bits per heavy atom. The molecule has 2 nitrogen and oxygen atoms in total. The Bertz CT molecular complexity index is 3450. The molecule has 0 aromatic heterocycles. The minimum absolute atomic E-state index is 0.191. The lowest BCUT2D eigenvalue weighted by Crippen LogP contribution is -2.51. The first-order valence-electron chi connectivity index (χ1n) is 26.4. The third-order valence-corrected chi connectivity index (χ3v) is 16.8. The van der Waals surface area contributed by atoms with Gasteiger partial charge in [0.1, 0.15) is 0 Å². The van der Waals surface area contributed by atoms with Crippen molar-refractivity contribution >= 4 is 22.7 Å². The molecule has 354 valence electrons. The topological polar surface area (TPSA) is 6.48 Å². The zero-order valence-electron chi connectivity index (χ0n) is 42.3. The molecular weight excluding hydrogens is 881 g/mol. The molecule has 0 radical (unpaired) electrons. The second-order valence-electron chi connectivity index (χ2n) is 21.1. The highest BCUT2D eigenvalue weighted by atomic mass is 15.2. The fraction of sp³-hybridized carbons (Fsp3) is 0.155. The summed E-state index contributed by atoms with van der Waals surface area (Å²) in [5, 5.41) is 0. The number of nitrogens with zero attached hydrogens (tertiary/aromatic N) is 2. The summed E-state index contributed by atoms with van der Waals surface area (Å²) in [5.41, 5.74) is 25.5. The average molecular weight is 941 g/mol. The second-order valence-corrected chi connectivity index (χ2v) is 21.1. The first-order chi connectivity index (χ1) is 35.8.